The SMILES string of the molecule is C=C(NC1C=C(CI)NCC1)c1ccc(Cl)c(C(C)CF)c1C. The van der Waals surface area contributed by atoms with Crippen LogP contribution in [0.15, 0.2) is 30.5 Å². The quantitative estimate of drug-likeness (QED) is 0.475. The Morgan fingerprint density at radius 1 is 1.57 bits per heavy atom. The molecule has 2 nitrogen and oxygen atoms in total. The van der Waals surface area contributed by atoms with Crippen molar-refractivity contribution in [2.24, 2.45) is 0 Å². The lowest BCUT2D eigenvalue weighted by Crippen LogP contribution is -2.35. The van der Waals surface area contributed by atoms with Crippen LogP contribution in [-0.4, -0.2) is 23.7 Å². The van der Waals surface area contributed by atoms with Crippen LogP contribution in [0.4, 0.5) is 4.39 Å². The maximum absolute atomic E-state index is 13.1. The third-order valence-corrected chi connectivity index (χ3v) is 5.38. The number of hydrogen-bond acceptors (Lipinski definition) is 2. The van der Waals surface area contributed by atoms with Crippen molar-refractivity contribution >= 4 is 39.9 Å². The minimum atomic E-state index is -0.417. The number of nitrogens with one attached hydrogen (secondary N) is 2. The van der Waals surface area contributed by atoms with Crippen molar-refractivity contribution in [2.45, 2.75) is 32.2 Å². The molecule has 23 heavy (non-hydrogen) atoms. The van der Waals surface area contributed by atoms with E-state index in [1.54, 1.807) is 0 Å². The van der Waals surface area contributed by atoms with Crippen LogP contribution in [0.5, 0.6) is 0 Å². The van der Waals surface area contributed by atoms with Gasteiger partial charge in [-0.05, 0) is 36.6 Å². The van der Waals surface area contributed by atoms with Crippen molar-refractivity contribution < 1.29 is 4.39 Å². The molecule has 1 aromatic rings. The Hall–Kier alpha value is -0.750. The molecule has 2 N–H and O–H groups in total. The number of benzene rings is 1. The average molecular weight is 449 g/mol. The van der Waals surface area contributed by atoms with Crippen molar-refractivity contribution in [2.75, 3.05) is 17.6 Å². The highest BCUT2D eigenvalue weighted by atomic mass is 127. The van der Waals surface area contributed by atoms with Gasteiger partial charge in [0.2, 0.25) is 0 Å². The Morgan fingerprint density at radius 3 is 2.96 bits per heavy atom. The molecule has 1 aliphatic heterocycles. The lowest BCUT2D eigenvalue weighted by Gasteiger charge is -2.26. The lowest BCUT2D eigenvalue weighted by molar-refractivity contribution is 0.446. The minimum Gasteiger partial charge on any atom is -0.388 e. The zero-order valence-corrected chi connectivity index (χ0v) is 16.5. The third-order valence-electron chi connectivity index (χ3n) is 4.22. The summed E-state index contributed by atoms with van der Waals surface area (Å²) in [6.45, 7) is 8.58. The molecule has 2 atom stereocenters. The fourth-order valence-electron chi connectivity index (χ4n) is 2.99. The van der Waals surface area contributed by atoms with E-state index in [1.165, 1.54) is 5.70 Å². The van der Waals surface area contributed by atoms with E-state index in [-0.39, 0.29) is 12.0 Å². The van der Waals surface area contributed by atoms with Gasteiger partial charge in [-0.2, -0.15) is 0 Å². The van der Waals surface area contributed by atoms with Crippen LogP contribution in [0.1, 0.15) is 36.0 Å². The maximum atomic E-state index is 13.1. The molecule has 0 fully saturated rings. The highest BCUT2D eigenvalue weighted by Crippen LogP contribution is 2.32. The van der Waals surface area contributed by atoms with Crippen LogP contribution in [0.3, 0.4) is 0 Å². The summed E-state index contributed by atoms with van der Waals surface area (Å²) in [4.78, 5) is 0. The fraction of sp³-hybridized carbons (Fsp3) is 0.444. The molecular weight excluding hydrogens is 426 g/mol. The molecule has 0 saturated heterocycles. The number of halogens is 3. The summed E-state index contributed by atoms with van der Waals surface area (Å²) in [5.41, 5.74) is 5.01. The van der Waals surface area contributed by atoms with Crippen molar-refractivity contribution in [1.29, 1.82) is 0 Å². The highest BCUT2D eigenvalue weighted by molar-refractivity contribution is 14.1. The van der Waals surface area contributed by atoms with Gasteiger partial charge in [0.15, 0.2) is 0 Å². The van der Waals surface area contributed by atoms with Crippen LogP contribution in [0.25, 0.3) is 5.70 Å². The Bertz CT molecular complexity index is 615. The summed E-state index contributed by atoms with van der Waals surface area (Å²) >= 11 is 8.63. The van der Waals surface area contributed by atoms with Crippen molar-refractivity contribution in [3.63, 3.8) is 0 Å². The number of allylic oxidation sites excluding steroid dienone is 1. The van der Waals surface area contributed by atoms with Crippen LogP contribution in [-0.2, 0) is 0 Å². The third kappa shape index (κ3) is 4.41. The van der Waals surface area contributed by atoms with Gasteiger partial charge in [0.05, 0.1) is 6.67 Å². The molecule has 0 spiro atoms. The topological polar surface area (TPSA) is 24.1 Å². The molecule has 5 heteroatoms. The summed E-state index contributed by atoms with van der Waals surface area (Å²) in [6, 6.07) is 4.07. The molecule has 0 aliphatic carbocycles. The Kier molecular flexibility index (Phi) is 6.77. The van der Waals surface area contributed by atoms with E-state index in [0.717, 1.165) is 39.8 Å². The van der Waals surface area contributed by atoms with Gasteiger partial charge in [-0.3, -0.25) is 4.39 Å². The first-order chi connectivity index (χ1) is 11.0. The van der Waals surface area contributed by atoms with Crippen LogP contribution in [0.2, 0.25) is 5.02 Å². The van der Waals surface area contributed by atoms with Crippen molar-refractivity contribution in [3.8, 4) is 0 Å². The van der Waals surface area contributed by atoms with Crippen LogP contribution in [0, 0.1) is 6.92 Å². The largest absolute Gasteiger partial charge is 0.388 e. The second-order valence-corrected chi connectivity index (χ2v) is 7.13. The second kappa shape index (κ2) is 8.38. The van der Waals surface area contributed by atoms with Gasteiger partial charge in [0.1, 0.15) is 0 Å². The molecule has 0 aromatic heterocycles. The lowest BCUT2D eigenvalue weighted by atomic mass is 9.92. The van der Waals surface area contributed by atoms with E-state index in [4.69, 9.17) is 11.6 Å². The average Bonchev–Trinajstić information content (AvgIpc) is 2.54. The summed E-state index contributed by atoms with van der Waals surface area (Å²) in [5, 5.41) is 7.50. The van der Waals surface area contributed by atoms with E-state index >= 15 is 0 Å². The predicted molar refractivity (Wildman–Crippen MR) is 106 cm³/mol. The molecule has 2 rings (SSSR count). The predicted octanol–water partition coefficient (Wildman–Crippen LogP) is 4.96. The Labute approximate surface area is 156 Å². The Morgan fingerprint density at radius 2 is 2.30 bits per heavy atom. The van der Waals surface area contributed by atoms with Gasteiger partial charge in [0, 0.05) is 44.9 Å². The molecule has 0 bridgehead atoms. The molecule has 1 heterocycles. The van der Waals surface area contributed by atoms with E-state index in [2.05, 4.69) is 45.9 Å². The summed E-state index contributed by atoms with van der Waals surface area (Å²) < 4.78 is 14.1. The molecule has 0 radical (unpaired) electrons. The minimum absolute atomic E-state index is 0.209. The van der Waals surface area contributed by atoms with Gasteiger partial charge in [0.25, 0.3) is 0 Å². The van der Waals surface area contributed by atoms with Crippen LogP contribution >= 0.6 is 34.2 Å². The van der Waals surface area contributed by atoms with Crippen LogP contribution < -0.4 is 10.6 Å². The molecule has 126 valence electrons. The molecular formula is C18H23ClFIN2. The van der Waals surface area contributed by atoms with Crippen molar-refractivity contribution in [3.05, 3.63) is 52.2 Å². The van der Waals surface area contributed by atoms with E-state index < -0.39 is 6.67 Å². The molecule has 1 aliphatic rings. The van der Waals surface area contributed by atoms with E-state index in [0.29, 0.717) is 5.02 Å². The summed E-state index contributed by atoms with van der Waals surface area (Å²) in [6.07, 6.45) is 3.23. The van der Waals surface area contributed by atoms with Gasteiger partial charge >= 0.3 is 0 Å². The van der Waals surface area contributed by atoms with Gasteiger partial charge in [-0.15, -0.1) is 0 Å². The Balaban J connectivity index is 2.23. The zero-order valence-electron chi connectivity index (χ0n) is 13.6. The fourth-order valence-corrected chi connectivity index (χ4v) is 3.90. The van der Waals surface area contributed by atoms with Gasteiger partial charge < -0.3 is 10.6 Å². The number of alkyl halides is 2. The first-order valence-electron chi connectivity index (χ1n) is 7.79. The van der Waals surface area contributed by atoms with Crippen molar-refractivity contribution in [1.82, 2.24) is 10.6 Å². The van der Waals surface area contributed by atoms with E-state index in [1.807, 2.05) is 26.0 Å². The smallest absolute Gasteiger partial charge is 0.0960 e. The highest BCUT2D eigenvalue weighted by Gasteiger charge is 2.18. The standard InChI is InChI=1S/C18H23ClFIN2/c1-11(9-20)18-12(2)16(4-5-17(18)19)13(3)23-14-6-7-22-15(8-14)10-21/h4-5,8,11,14,22-23H,3,6-7,9-10H2,1-2H3. The van der Waals surface area contributed by atoms with Gasteiger partial charge in [-0.1, -0.05) is 53.8 Å². The molecule has 0 amide bonds. The number of rotatable bonds is 6. The summed E-state index contributed by atoms with van der Waals surface area (Å²) in [7, 11) is 0. The zero-order chi connectivity index (χ0) is 17.0. The van der Waals surface area contributed by atoms with E-state index in [9.17, 15) is 4.39 Å². The normalized spacial score (nSPS) is 18.8. The molecule has 2 unspecified atom stereocenters. The monoisotopic (exact) mass is 448 g/mol. The number of hydrogen-bond donors (Lipinski definition) is 2. The first-order valence-corrected chi connectivity index (χ1v) is 9.69. The first kappa shape index (κ1) is 18.6. The summed E-state index contributed by atoms with van der Waals surface area (Å²) in [5.74, 6) is -0.209. The maximum Gasteiger partial charge on any atom is 0.0960 e. The second-order valence-electron chi connectivity index (χ2n) is 5.96. The molecule has 1 aromatic carbocycles. The molecule has 0 saturated carbocycles. The van der Waals surface area contributed by atoms with Gasteiger partial charge in [-0.25, -0.2) is 0 Å².